The van der Waals surface area contributed by atoms with Gasteiger partial charge in [0.25, 0.3) is 0 Å². The molecule has 0 N–H and O–H groups in total. The highest BCUT2D eigenvalue weighted by atomic mass is 16.7. The lowest BCUT2D eigenvalue weighted by molar-refractivity contribution is -0.156. The Hall–Kier alpha value is -2.05. The molecule has 0 spiro atoms. The van der Waals surface area contributed by atoms with Crippen LogP contribution < -0.4 is 0 Å². The topological polar surface area (TPSA) is 54.0 Å². The highest BCUT2D eigenvalue weighted by Crippen LogP contribution is 2.60. The number of carbonyl (C=O) groups is 1. The first-order valence-corrected chi connectivity index (χ1v) is 15.8. The van der Waals surface area contributed by atoms with E-state index >= 15 is 4.79 Å². The van der Waals surface area contributed by atoms with Crippen molar-refractivity contribution in [3.63, 3.8) is 0 Å². The number of carbonyl (C=O) groups excluding carboxylic acids is 1. The predicted molar refractivity (Wildman–Crippen MR) is 168 cm³/mol. The van der Waals surface area contributed by atoms with Crippen molar-refractivity contribution in [2.45, 2.75) is 103 Å². The van der Waals surface area contributed by atoms with E-state index in [9.17, 15) is 0 Å². The molecule has 2 aromatic carbocycles. The molecule has 0 aromatic heterocycles. The molecule has 0 radical (unpaired) electrons. The van der Waals surface area contributed by atoms with Gasteiger partial charge in [-0.15, -0.1) is 0 Å². The summed E-state index contributed by atoms with van der Waals surface area (Å²) in [5, 5.41) is 0. The van der Waals surface area contributed by atoms with Crippen molar-refractivity contribution >= 4 is 5.78 Å². The van der Waals surface area contributed by atoms with Crippen LogP contribution in [-0.4, -0.2) is 45.8 Å². The zero-order chi connectivity index (χ0) is 30.6. The van der Waals surface area contributed by atoms with Crippen molar-refractivity contribution in [1.29, 1.82) is 0 Å². The lowest BCUT2D eigenvalue weighted by Gasteiger charge is -2.58. The number of ether oxygens (including phenoxy) is 4. The second kappa shape index (κ2) is 13.3. The monoisotopic (exact) mass is 578 g/mol. The quantitative estimate of drug-likeness (QED) is 0.267. The Morgan fingerprint density at radius 3 is 1.33 bits per heavy atom. The molecule has 2 saturated carbocycles. The highest BCUT2D eigenvalue weighted by molar-refractivity contribution is 6.00. The van der Waals surface area contributed by atoms with Gasteiger partial charge in [0, 0.05) is 14.2 Å². The summed E-state index contributed by atoms with van der Waals surface area (Å²) in [7, 11) is 3.34. The summed E-state index contributed by atoms with van der Waals surface area (Å²) < 4.78 is 23.0. The maximum Gasteiger partial charge on any atom is 0.154 e. The number of rotatable bonds is 10. The Labute approximate surface area is 254 Å². The van der Waals surface area contributed by atoms with Gasteiger partial charge in [-0.3, -0.25) is 4.79 Å². The van der Waals surface area contributed by atoms with Crippen molar-refractivity contribution in [1.82, 2.24) is 0 Å². The Balaban J connectivity index is 1.96. The van der Waals surface area contributed by atoms with Gasteiger partial charge in [-0.2, -0.15) is 0 Å². The standard InChI is InChI=1S/C37H54O5/c1-34(2,3)31-23-29(41-25-39-7)19-21-36(31,27-15-11-9-12-16-27)33(38)37(28-17-13-10-14-18-28)22-20-30(42-26-40-8)24-32(37)35(4,5)6/h9-18,29-32H,19-26H2,1-8H3. The predicted octanol–water partition coefficient (Wildman–Crippen LogP) is 8.10. The number of hydrogen-bond acceptors (Lipinski definition) is 5. The summed E-state index contributed by atoms with van der Waals surface area (Å²) >= 11 is 0. The number of benzene rings is 2. The fourth-order valence-electron chi connectivity index (χ4n) is 8.47. The highest BCUT2D eigenvalue weighted by Gasteiger charge is 2.63. The lowest BCUT2D eigenvalue weighted by atomic mass is 9.44. The van der Waals surface area contributed by atoms with Gasteiger partial charge in [0.05, 0.1) is 23.0 Å². The maximum atomic E-state index is 16.2. The minimum Gasteiger partial charge on any atom is -0.359 e. The van der Waals surface area contributed by atoms with E-state index in [1.165, 1.54) is 0 Å². The second-order valence-electron chi connectivity index (χ2n) is 14.8. The first kappa shape index (κ1) is 32.9. The number of hydrogen-bond donors (Lipinski definition) is 0. The molecule has 0 aliphatic heterocycles. The molecule has 5 nitrogen and oxygen atoms in total. The Kier molecular flexibility index (Phi) is 10.4. The van der Waals surface area contributed by atoms with Crippen LogP contribution in [0.1, 0.15) is 91.2 Å². The third kappa shape index (κ3) is 6.40. The van der Waals surface area contributed by atoms with Crippen molar-refractivity contribution in [3.05, 3.63) is 71.8 Å². The van der Waals surface area contributed by atoms with Gasteiger partial charge >= 0.3 is 0 Å². The van der Waals surface area contributed by atoms with Crippen LogP contribution in [0.2, 0.25) is 0 Å². The van der Waals surface area contributed by atoms with Crippen molar-refractivity contribution in [3.8, 4) is 0 Å². The Morgan fingerprint density at radius 1 is 0.667 bits per heavy atom. The molecular weight excluding hydrogens is 524 g/mol. The van der Waals surface area contributed by atoms with Gasteiger partial charge in [-0.25, -0.2) is 0 Å². The molecule has 2 aromatic rings. The minimum absolute atomic E-state index is 0.0584. The Morgan fingerprint density at radius 2 is 1.02 bits per heavy atom. The SMILES string of the molecule is COCOC1CCC(C(=O)C2(c3ccccc3)CCC(OCOC)CC2C(C)(C)C)(c2ccccc2)C(C(C)(C)C)C1. The van der Waals surface area contributed by atoms with Crippen LogP contribution in [0.15, 0.2) is 60.7 Å². The molecule has 0 amide bonds. The Bertz CT molecular complexity index is 1040. The molecule has 2 fully saturated rings. The summed E-state index contributed by atoms with van der Waals surface area (Å²) in [6.07, 6.45) is 4.90. The summed E-state index contributed by atoms with van der Waals surface area (Å²) in [6, 6.07) is 21.3. The normalized spacial score (nSPS) is 30.7. The van der Waals surface area contributed by atoms with E-state index in [0.717, 1.165) is 49.7 Å². The van der Waals surface area contributed by atoms with Crippen LogP contribution in [0.4, 0.5) is 0 Å². The van der Waals surface area contributed by atoms with Crippen LogP contribution in [0.3, 0.4) is 0 Å². The number of methoxy groups -OCH3 is 2. The van der Waals surface area contributed by atoms with Crippen molar-refractivity contribution in [2.24, 2.45) is 22.7 Å². The number of Topliss-reactive ketones (excluding diaryl/α,β-unsaturated/α-hetero) is 1. The zero-order valence-corrected chi connectivity index (χ0v) is 27.3. The first-order chi connectivity index (χ1) is 19.9. The molecular formula is C37H54O5. The zero-order valence-electron chi connectivity index (χ0n) is 27.3. The maximum absolute atomic E-state index is 16.2. The van der Waals surface area contributed by atoms with Crippen LogP contribution in [0, 0.1) is 22.7 Å². The smallest absolute Gasteiger partial charge is 0.154 e. The van der Waals surface area contributed by atoms with Gasteiger partial charge < -0.3 is 18.9 Å². The summed E-state index contributed by atoms with van der Waals surface area (Å²) in [5.74, 6) is 0.543. The third-order valence-corrected chi connectivity index (χ3v) is 10.2. The van der Waals surface area contributed by atoms with Crippen LogP contribution in [0.25, 0.3) is 0 Å². The molecule has 0 bridgehead atoms. The third-order valence-electron chi connectivity index (χ3n) is 10.2. The van der Waals surface area contributed by atoms with Gasteiger partial charge in [-0.1, -0.05) is 102 Å². The van der Waals surface area contributed by atoms with Crippen molar-refractivity contribution in [2.75, 3.05) is 27.8 Å². The van der Waals surface area contributed by atoms with Gasteiger partial charge in [-0.05, 0) is 72.3 Å². The molecule has 6 atom stereocenters. The molecule has 4 rings (SSSR count). The van der Waals surface area contributed by atoms with Gasteiger partial charge in [0.2, 0.25) is 0 Å². The molecule has 6 unspecified atom stereocenters. The van der Waals surface area contributed by atoms with Crippen molar-refractivity contribution < 1.29 is 23.7 Å². The van der Waals surface area contributed by atoms with E-state index < -0.39 is 10.8 Å². The number of ketones is 1. The van der Waals surface area contributed by atoms with E-state index in [1.807, 2.05) is 0 Å². The van der Waals surface area contributed by atoms with Crippen LogP contribution >= 0.6 is 0 Å². The average molecular weight is 579 g/mol. The molecule has 0 saturated heterocycles. The van der Waals surface area contributed by atoms with E-state index in [1.54, 1.807) is 14.2 Å². The van der Waals surface area contributed by atoms with Crippen LogP contribution in [0.5, 0.6) is 0 Å². The largest absolute Gasteiger partial charge is 0.359 e. The summed E-state index contributed by atoms with van der Waals surface area (Å²) in [6.45, 7) is 14.3. The average Bonchev–Trinajstić information content (AvgIpc) is 2.98. The lowest BCUT2D eigenvalue weighted by Crippen LogP contribution is -2.63. The fraction of sp³-hybridized carbons (Fsp3) is 0.649. The summed E-state index contributed by atoms with van der Waals surface area (Å²) in [4.78, 5) is 16.2. The van der Waals surface area contributed by atoms with Crippen LogP contribution in [-0.2, 0) is 34.6 Å². The fourth-order valence-corrected chi connectivity index (χ4v) is 8.47. The molecule has 2 aliphatic rings. The van der Waals surface area contributed by atoms with E-state index in [-0.39, 0.29) is 48.5 Å². The van der Waals surface area contributed by atoms with E-state index in [0.29, 0.717) is 5.78 Å². The van der Waals surface area contributed by atoms with E-state index in [4.69, 9.17) is 18.9 Å². The molecule has 5 heteroatoms. The van der Waals surface area contributed by atoms with E-state index in [2.05, 4.69) is 102 Å². The van der Waals surface area contributed by atoms with Gasteiger partial charge in [0.15, 0.2) is 5.78 Å². The molecule has 232 valence electrons. The first-order valence-electron chi connectivity index (χ1n) is 15.8. The minimum atomic E-state index is -0.661. The molecule has 42 heavy (non-hydrogen) atoms. The van der Waals surface area contributed by atoms with Gasteiger partial charge in [0.1, 0.15) is 13.6 Å². The molecule has 0 heterocycles. The second-order valence-corrected chi connectivity index (χ2v) is 14.8. The summed E-state index contributed by atoms with van der Waals surface area (Å²) in [5.41, 5.74) is 0.697. The molecule has 2 aliphatic carbocycles.